The van der Waals surface area contributed by atoms with Crippen molar-refractivity contribution in [2.24, 2.45) is 0 Å². The number of benzene rings is 2. The molecule has 6 nitrogen and oxygen atoms in total. The van der Waals surface area contributed by atoms with Gasteiger partial charge < -0.3 is 18.9 Å². The van der Waals surface area contributed by atoms with Crippen molar-refractivity contribution in [3.05, 3.63) is 79.1 Å². The highest BCUT2D eigenvalue weighted by Crippen LogP contribution is 2.41. The number of halogens is 1. The van der Waals surface area contributed by atoms with Crippen LogP contribution in [-0.2, 0) is 11.3 Å². The molecule has 0 saturated carbocycles. The minimum Gasteiger partial charge on any atom is -0.467 e. The van der Waals surface area contributed by atoms with E-state index in [1.165, 1.54) is 11.3 Å². The molecule has 1 aromatic heterocycles. The first-order chi connectivity index (χ1) is 15.0. The first kappa shape index (κ1) is 20.0. The van der Waals surface area contributed by atoms with Crippen LogP contribution in [0.25, 0.3) is 6.08 Å². The van der Waals surface area contributed by atoms with E-state index in [1.807, 2.05) is 17.5 Å². The Bertz CT molecular complexity index is 1250. The zero-order valence-corrected chi connectivity index (χ0v) is 18.7. The summed E-state index contributed by atoms with van der Waals surface area (Å²) in [5.74, 6) is 0.896. The summed E-state index contributed by atoms with van der Waals surface area (Å²) >= 11 is 4.78. The standard InChI is InChI=1S/C23H15BrO6S/c1-12-17(30-23(26)19-3-2-6-31-19)5-4-16-20(25)18(29-21(12)16)9-13-7-15(24)8-14-10-27-11-28-22(13)14/h2-9H,10-11H2,1H3/b18-9-. The normalized spacial score (nSPS) is 15.8. The fourth-order valence-electron chi connectivity index (χ4n) is 3.48. The minimum absolute atomic E-state index is 0.151. The largest absolute Gasteiger partial charge is 0.467 e. The van der Waals surface area contributed by atoms with Crippen molar-refractivity contribution in [1.82, 2.24) is 0 Å². The quantitative estimate of drug-likeness (QED) is 0.269. The van der Waals surface area contributed by atoms with Crippen LogP contribution in [0, 0.1) is 6.92 Å². The van der Waals surface area contributed by atoms with Crippen LogP contribution in [0.4, 0.5) is 0 Å². The highest BCUT2D eigenvalue weighted by Gasteiger charge is 2.31. The average Bonchev–Trinajstić information content (AvgIpc) is 3.40. The summed E-state index contributed by atoms with van der Waals surface area (Å²) in [4.78, 5) is 25.8. The van der Waals surface area contributed by atoms with Crippen molar-refractivity contribution in [3.8, 4) is 17.2 Å². The SMILES string of the molecule is Cc1c(OC(=O)c2cccs2)ccc2c1O/C(=C\c1cc(Br)cc3c1OCOC3)C2=O. The van der Waals surface area contributed by atoms with Crippen molar-refractivity contribution in [2.45, 2.75) is 13.5 Å². The van der Waals surface area contributed by atoms with Gasteiger partial charge in [0.05, 0.1) is 12.2 Å². The van der Waals surface area contributed by atoms with E-state index >= 15 is 0 Å². The van der Waals surface area contributed by atoms with Gasteiger partial charge in [-0.3, -0.25) is 4.79 Å². The van der Waals surface area contributed by atoms with E-state index in [0.29, 0.717) is 45.4 Å². The Morgan fingerprint density at radius 3 is 2.90 bits per heavy atom. The Balaban J connectivity index is 1.47. The van der Waals surface area contributed by atoms with E-state index < -0.39 is 5.97 Å². The molecule has 0 amide bonds. The zero-order chi connectivity index (χ0) is 21.5. The van der Waals surface area contributed by atoms with Gasteiger partial charge in [-0.15, -0.1) is 11.3 Å². The van der Waals surface area contributed by atoms with E-state index in [9.17, 15) is 9.59 Å². The molecule has 0 radical (unpaired) electrons. The van der Waals surface area contributed by atoms with Gasteiger partial charge in [0.1, 0.15) is 22.1 Å². The minimum atomic E-state index is -0.446. The summed E-state index contributed by atoms with van der Waals surface area (Å²) in [6, 6.07) is 10.5. The third-order valence-corrected chi connectivity index (χ3v) is 6.26. The summed E-state index contributed by atoms with van der Waals surface area (Å²) in [6.45, 7) is 2.34. The number of carbonyl (C=O) groups is 2. The Labute approximate surface area is 190 Å². The van der Waals surface area contributed by atoms with E-state index in [-0.39, 0.29) is 18.3 Å². The van der Waals surface area contributed by atoms with Crippen molar-refractivity contribution in [3.63, 3.8) is 0 Å². The van der Waals surface area contributed by atoms with E-state index in [2.05, 4.69) is 15.9 Å². The van der Waals surface area contributed by atoms with Crippen molar-refractivity contribution >= 4 is 45.1 Å². The molecule has 3 heterocycles. The van der Waals surface area contributed by atoms with Gasteiger partial charge in [-0.05, 0) is 48.7 Å². The van der Waals surface area contributed by atoms with Gasteiger partial charge >= 0.3 is 5.97 Å². The lowest BCUT2D eigenvalue weighted by atomic mass is 10.0. The number of carbonyl (C=O) groups excluding carboxylic acids is 2. The van der Waals surface area contributed by atoms with Gasteiger partial charge in [0, 0.05) is 21.2 Å². The zero-order valence-electron chi connectivity index (χ0n) is 16.3. The molecule has 156 valence electrons. The Kier molecular flexibility index (Phi) is 5.13. The number of fused-ring (bicyclic) bond motifs is 2. The molecule has 0 unspecified atom stereocenters. The predicted molar refractivity (Wildman–Crippen MR) is 118 cm³/mol. The van der Waals surface area contributed by atoms with E-state index in [4.69, 9.17) is 18.9 Å². The second-order valence-corrected chi connectivity index (χ2v) is 8.83. The Morgan fingerprint density at radius 2 is 2.10 bits per heavy atom. The Morgan fingerprint density at radius 1 is 1.23 bits per heavy atom. The first-order valence-corrected chi connectivity index (χ1v) is 11.0. The maximum atomic E-state index is 12.9. The molecule has 0 N–H and O–H groups in total. The molecule has 0 aliphatic carbocycles. The van der Waals surface area contributed by atoms with Gasteiger partial charge in [-0.1, -0.05) is 22.0 Å². The smallest absolute Gasteiger partial charge is 0.353 e. The predicted octanol–water partition coefficient (Wildman–Crippen LogP) is 5.52. The molecule has 2 aliphatic rings. The van der Waals surface area contributed by atoms with Crippen LogP contribution in [0.15, 0.2) is 52.0 Å². The second-order valence-electron chi connectivity index (χ2n) is 6.97. The molecule has 3 aromatic rings. The summed E-state index contributed by atoms with van der Waals surface area (Å²) in [6.07, 6.45) is 1.66. The number of rotatable bonds is 3. The van der Waals surface area contributed by atoms with Gasteiger partial charge in [0.15, 0.2) is 12.6 Å². The van der Waals surface area contributed by atoms with Crippen LogP contribution in [-0.4, -0.2) is 18.5 Å². The number of hydrogen-bond acceptors (Lipinski definition) is 7. The van der Waals surface area contributed by atoms with Gasteiger partial charge in [0.25, 0.3) is 0 Å². The third-order valence-electron chi connectivity index (χ3n) is 4.95. The number of allylic oxidation sites excluding steroid dienone is 1. The van der Waals surface area contributed by atoms with E-state index in [1.54, 1.807) is 37.3 Å². The molecule has 0 atom stereocenters. The fourth-order valence-corrected chi connectivity index (χ4v) is 4.60. The van der Waals surface area contributed by atoms with Gasteiger partial charge in [-0.25, -0.2) is 4.79 Å². The molecular formula is C23H15BrO6S. The van der Waals surface area contributed by atoms with Crippen LogP contribution in [0.3, 0.4) is 0 Å². The summed E-state index contributed by atoms with van der Waals surface area (Å²) < 4.78 is 23.3. The number of ether oxygens (including phenoxy) is 4. The topological polar surface area (TPSA) is 71.1 Å². The molecule has 0 spiro atoms. The molecule has 0 bridgehead atoms. The molecule has 2 aliphatic heterocycles. The highest BCUT2D eigenvalue weighted by molar-refractivity contribution is 9.10. The van der Waals surface area contributed by atoms with Crippen molar-refractivity contribution in [1.29, 1.82) is 0 Å². The number of esters is 1. The maximum Gasteiger partial charge on any atom is 0.353 e. The molecule has 0 fully saturated rings. The number of Topliss-reactive ketones (excluding diaryl/α,β-unsaturated/α-hetero) is 1. The molecular weight excluding hydrogens is 484 g/mol. The average molecular weight is 499 g/mol. The number of hydrogen-bond donors (Lipinski definition) is 0. The molecule has 31 heavy (non-hydrogen) atoms. The monoisotopic (exact) mass is 498 g/mol. The van der Waals surface area contributed by atoms with Crippen molar-refractivity contribution in [2.75, 3.05) is 6.79 Å². The number of thiophene rings is 1. The molecule has 0 saturated heterocycles. The van der Waals surface area contributed by atoms with Crippen LogP contribution >= 0.6 is 27.3 Å². The summed E-state index contributed by atoms with van der Waals surface area (Å²) in [5.41, 5.74) is 2.60. The summed E-state index contributed by atoms with van der Waals surface area (Å²) in [5, 5.41) is 1.81. The van der Waals surface area contributed by atoms with E-state index in [0.717, 1.165) is 10.0 Å². The lowest BCUT2D eigenvalue weighted by Gasteiger charge is -2.20. The lowest BCUT2D eigenvalue weighted by molar-refractivity contribution is -0.0165. The lowest BCUT2D eigenvalue weighted by Crippen LogP contribution is -2.12. The van der Waals surface area contributed by atoms with Gasteiger partial charge in [0.2, 0.25) is 5.78 Å². The maximum absolute atomic E-state index is 12.9. The van der Waals surface area contributed by atoms with Crippen LogP contribution in [0.2, 0.25) is 0 Å². The van der Waals surface area contributed by atoms with Crippen molar-refractivity contribution < 1.29 is 28.5 Å². The van der Waals surface area contributed by atoms with Gasteiger partial charge in [-0.2, -0.15) is 0 Å². The first-order valence-electron chi connectivity index (χ1n) is 9.38. The fraction of sp³-hybridized carbons (Fsp3) is 0.130. The van der Waals surface area contributed by atoms with Crippen LogP contribution in [0.5, 0.6) is 17.2 Å². The van der Waals surface area contributed by atoms with Crippen LogP contribution in [0.1, 0.15) is 36.7 Å². The Hall–Kier alpha value is -2.94. The molecule has 2 aromatic carbocycles. The highest BCUT2D eigenvalue weighted by atomic mass is 79.9. The molecule has 8 heteroatoms. The second kappa shape index (κ2) is 7.96. The van der Waals surface area contributed by atoms with Crippen LogP contribution < -0.4 is 14.2 Å². The number of ketones is 1. The third kappa shape index (κ3) is 3.67. The molecule has 5 rings (SSSR count). The summed E-state index contributed by atoms with van der Waals surface area (Å²) in [7, 11) is 0.